The summed E-state index contributed by atoms with van der Waals surface area (Å²) in [6.07, 6.45) is 0. The number of nitrogens with two attached hydrogens (primary N) is 1. The average molecular weight is 263 g/mol. The molecule has 0 unspecified atom stereocenters. The van der Waals surface area contributed by atoms with Gasteiger partial charge in [-0.1, -0.05) is 25.4 Å². The molecule has 1 aromatic heterocycles. The van der Waals surface area contributed by atoms with Crippen LogP contribution in [0.4, 0.5) is 5.69 Å². The summed E-state index contributed by atoms with van der Waals surface area (Å²) in [5, 5.41) is 0.551. The first-order valence-electron chi connectivity index (χ1n) is 5.75. The predicted molar refractivity (Wildman–Crippen MR) is 73.5 cm³/mol. The van der Waals surface area contributed by atoms with Crippen molar-refractivity contribution in [1.29, 1.82) is 0 Å². The van der Waals surface area contributed by atoms with Crippen LogP contribution < -0.4 is 5.73 Å². The molecule has 0 spiro atoms. The van der Waals surface area contributed by atoms with E-state index in [9.17, 15) is 0 Å². The molecule has 1 aromatic carbocycles. The number of anilines is 1. The minimum Gasteiger partial charge on any atom is -0.399 e. The first kappa shape index (κ1) is 12.8. The Morgan fingerprint density at radius 2 is 1.89 bits per heavy atom. The van der Waals surface area contributed by atoms with Crippen LogP contribution in [-0.4, -0.2) is 15.0 Å². The minimum absolute atomic E-state index is 0.248. The molecule has 18 heavy (non-hydrogen) atoms. The van der Waals surface area contributed by atoms with Crippen LogP contribution in [0.5, 0.6) is 0 Å². The maximum absolute atomic E-state index is 6.17. The lowest BCUT2D eigenvalue weighted by Crippen LogP contribution is -2.04. The molecule has 0 saturated heterocycles. The third kappa shape index (κ3) is 2.59. The molecule has 0 atom stereocenters. The normalized spacial score (nSPS) is 10.9. The van der Waals surface area contributed by atoms with Crippen molar-refractivity contribution >= 4 is 17.3 Å². The highest BCUT2D eigenvalue weighted by Crippen LogP contribution is 2.27. The van der Waals surface area contributed by atoms with Crippen LogP contribution in [0.2, 0.25) is 5.02 Å². The molecular formula is C13H15ClN4. The molecule has 0 bridgehead atoms. The highest BCUT2D eigenvalue weighted by atomic mass is 35.5. The van der Waals surface area contributed by atoms with Crippen molar-refractivity contribution in [3.05, 3.63) is 34.9 Å². The summed E-state index contributed by atoms with van der Waals surface area (Å²) in [4.78, 5) is 13.1. The lowest BCUT2D eigenvalue weighted by molar-refractivity contribution is 0.750. The van der Waals surface area contributed by atoms with Crippen molar-refractivity contribution in [2.75, 3.05) is 5.73 Å². The monoisotopic (exact) mass is 262 g/mol. The molecule has 2 rings (SSSR count). The van der Waals surface area contributed by atoms with Gasteiger partial charge in [-0.05, 0) is 25.1 Å². The van der Waals surface area contributed by atoms with Gasteiger partial charge in [0.1, 0.15) is 11.6 Å². The van der Waals surface area contributed by atoms with Crippen LogP contribution in [0, 0.1) is 6.92 Å². The number of halogens is 1. The van der Waals surface area contributed by atoms with Gasteiger partial charge in [0.2, 0.25) is 0 Å². The van der Waals surface area contributed by atoms with Crippen molar-refractivity contribution in [3.8, 4) is 11.4 Å². The Morgan fingerprint density at radius 3 is 2.50 bits per heavy atom. The average Bonchev–Trinajstić information content (AvgIpc) is 2.27. The minimum atomic E-state index is 0.248. The van der Waals surface area contributed by atoms with Crippen molar-refractivity contribution in [1.82, 2.24) is 15.0 Å². The molecule has 0 fully saturated rings. The number of nitrogens with zero attached hydrogens (tertiary/aromatic N) is 3. The van der Waals surface area contributed by atoms with E-state index in [0.29, 0.717) is 22.4 Å². The van der Waals surface area contributed by atoms with Crippen LogP contribution in [0.1, 0.15) is 31.4 Å². The van der Waals surface area contributed by atoms with E-state index in [1.54, 1.807) is 12.1 Å². The fraction of sp³-hybridized carbons (Fsp3) is 0.308. The number of aryl methyl sites for hydroxylation is 1. The standard InChI is InChI=1S/C13H15ClN4/c1-7(2)12-16-8(3)17-13(18-12)10-5-4-9(15)6-11(10)14/h4-7H,15H2,1-3H3. The van der Waals surface area contributed by atoms with Gasteiger partial charge in [0.15, 0.2) is 5.82 Å². The summed E-state index contributed by atoms with van der Waals surface area (Å²) < 4.78 is 0. The van der Waals surface area contributed by atoms with Gasteiger partial charge in [0.05, 0.1) is 5.02 Å². The highest BCUT2D eigenvalue weighted by Gasteiger charge is 2.11. The third-order valence-electron chi connectivity index (χ3n) is 2.51. The quantitative estimate of drug-likeness (QED) is 0.844. The van der Waals surface area contributed by atoms with Crippen LogP contribution in [0.3, 0.4) is 0 Å². The molecule has 0 radical (unpaired) electrons. The summed E-state index contributed by atoms with van der Waals surface area (Å²) in [6, 6.07) is 5.32. The number of nitrogen functional groups attached to an aromatic ring is 1. The molecule has 4 nitrogen and oxygen atoms in total. The van der Waals surface area contributed by atoms with Gasteiger partial charge in [-0.15, -0.1) is 0 Å². The fourth-order valence-corrected chi connectivity index (χ4v) is 1.87. The van der Waals surface area contributed by atoms with Crippen molar-refractivity contribution in [2.45, 2.75) is 26.7 Å². The zero-order valence-corrected chi connectivity index (χ0v) is 11.4. The molecule has 2 N–H and O–H groups in total. The molecule has 5 heteroatoms. The summed E-state index contributed by atoms with van der Waals surface area (Å²) >= 11 is 6.17. The summed E-state index contributed by atoms with van der Waals surface area (Å²) in [5.41, 5.74) is 7.08. The van der Waals surface area contributed by atoms with Gasteiger partial charge in [-0.2, -0.15) is 0 Å². The second-order valence-corrected chi connectivity index (χ2v) is 4.87. The lowest BCUT2D eigenvalue weighted by Gasteiger charge is -2.09. The van der Waals surface area contributed by atoms with E-state index in [1.165, 1.54) is 0 Å². The van der Waals surface area contributed by atoms with Gasteiger partial charge in [0.25, 0.3) is 0 Å². The molecule has 1 heterocycles. The Labute approximate surface area is 111 Å². The van der Waals surface area contributed by atoms with E-state index in [1.807, 2.05) is 26.8 Å². The second-order valence-electron chi connectivity index (χ2n) is 4.46. The summed E-state index contributed by atoms with van der Waals surface area (Å²) in [7, 11) is 0. The fourth-order valence-electron chi connectivity index (χ4n) is 1.59. The Morgan fingerprint density at radius 1 is 1.17 bits per heavy atom. The van der Waals surface area contributed by atoms with Crippen molar-refractivity contribution < 1.29 is 0 Å². The van der Waals surface area contributed by atoms with Crippen molar-refractivity contribution in [2.24, 2.45) is 0 Å². The van der Waals surface area contributed by atoms with Crippen LogP contribution in [0.25, 0.3) is 11.4 Å². The molecular weight excluding hydrogens is 248 g/mol. The molecule has 94 valence electrons. The largest absolute Gasteiger partial charge is 0.399 e. The Kier molecular flexibility index (Phi) is 3.48. The topological polar surface area (TPSA) is 64.7 Å². The molecule has 0 amide bonds. The van der Waals surface area contributed by atoms with E-state index in [4.69, 9.17) is 17.3 Å². The lowest BCUT2D eigenvalue weighted by atomic mass is 10.1. The molecule has 2 aromatic rings. The van der Waals surface area contributed by atoms with Gasteiger partial charge in [-0.3, -0.25) is 0 Å². The SMILES string of the molecule is Cc1nc(-c2ccc(N)cc2Cl)nc(C(C)C)n1. The molecule has 0 aliphatic rings. The smallest absolute Gasteiger partial charge is 0.164 e. The predicted octanol–water partition coefficient (Wildman–Crippen LogP) is 3.21. The van der Waals surface area contributed by atoms with Crippen LogP contribution in [0.15, 0.2) is 18.2 Å². The van der Waals surface area contributed by atoms with E-state index in [-0.39, 0.29) is 5.92 Å². The Bertz CT molecular complexity index is 581. The Balaban J connectivity index is 2.56. The maximum atomic E-state index is 6.17. The Hall–Kier alpha value is -1.68. The first-order chi connectivity index (χ1) is 8.47. The first-order valence-corrected chi connectivity index (χ1v) is 6.13. The summed E-state index contributed by atoms with van der Waals surface area (Å²) in [5.74, 6) is 2.30. The van der Waals surface area contributed by atoms with Crippen LogP contribution in [-0.2, 0) is 0 Å². The van der Waals surface area contributed by atoms with E-state index >= 15 is 0 Å². The van der Waals surface area contributed by atoms with Crippen LogP contribution >= 0.6 is 11.6 Å². The van der Waals surface area contributed by atoms with E-state index < -0.39 is 0 Å². The number of hydrogen-bond acceptors (Lipinski definition) is 4. The van der Waals surface area contributed by atoms with Gasteiger partial charge >= 0.3 is 0 Å². The van der Waals surface area contributed by atoms with Gasteiger partial charge < -0.3 is 5.73 Å². The van der Waals surface area contributed by atoms with Crippen molar-refractivity contribution in [3.63, 3.8) is 0 Å². The number of rotatable bonds is 2. The van der Waals surface area contributed by atoms with Gasteiger partial charge in [-0.25, -0.2) is 15.0 Å². The molecule has 0 aliphatic heterocycles. The van der Waals surface area contributed by atoms with E-state index in [2.05, 4.69) is 15.0 Å². The summed E-state index contributed by atoms with van der Waals surface area (Å²) in [6.45, 7) is 5.94. The second kappa shape index (κ2) is 4.90. The molecule has 0 saturated carbocycles. The zero-order valence-electron chi connectivity index (χ0n) is 10.6. The zero-order chi connectivity index (χ0) is 13.3. The van der Waals surface area contributed by atoms with Gasteiger partial charge in [0, 0.05) is 17.2 Å². The van der Waals surface area contributed by atoms with E-state index in [0.717, 1.165) is 11.4 Å². The highest BCUT2D eigenvalue weighted by molar-refractivity contribution is 6.33. The maximum Gasteiger partial charge on any atom is 0.164 e. The molecule has 0 aliphatic carbocycles. The number of aromatic nitrogens is 3. The third-order valence-corrected chi connectivity index (χ3v) is 2.83. The number of benzene rings is 1. The number of hydrogen-bond donors (Lipinski definition) is 1.